The molecule has 2 saturated carbocycles. The molecule has 3 heterocycles. The fraction of sp³-hybridized carbons (Fsp3) is 0.595. The molecule has 5 fully saturated rings. The van der Waals surface area contributed by atoms with E-state index in [9.17, 15) is 4.79 Å². The number of carbonyl (C=O) groups excluding carboxylic acids is 1. The summed E-state index contributed by atoms with van der Waals surface area (Å²) < 4.78 is 21.0. The quantitative estimate of drug-likeness (QED) is 0.100. The van der Waals surface area contributed by atoms with E-state index >= 15 is 0 Å². The molecule has 234 valence electrons. The van der Waals surface area contributed by atoms with Crippen molar-refractivity contribution < 1.29 is 54.6 Å². The Bertz CT molecular complexity index is 1200. The van der Waals surface area contributed by atoms with E-state index in [2.05, 4.69) is 13.8 Å². The minimum Gasteiger partial charge on any atom is -0.458 e. The summed E-state index contributed by atoms with van der Waals surface area (Å²) in [7, 11) is 0. The van der Waals surface area contributed by atoms with E-state index in [-0.39, 0.29) is 60.0 Å². The van der Waals surface area contributed by atoms with E-state index in [0.717, 1.165) is 49.4 Å². The van der Waals surface area contributed by atoms with Gasteiger partial charge < -0.3 is 32.5 Å². The molecular weight excluding hydrogens is 793 g/mol. The summed E-state index contributed by atoms with van der Waals surface area (Å²) in [6, 6.07) is 21.5. The van der Waals surface area contributed by atoms with E-state index in [1.165, 1.54) is 43.3 Å². The van der Waals surface area contributed by atoms with E-state index in [1.807, 2.05) is 72.4 Å². The first-order chi connectivity index (χ1) is 21.1. The molecule has 7 rings (SSSR count). The summed E-state index contributed by atoms with van der Waals surface area (Å²) in [4.78, 5) is 15.0. The van der Waals surface area contributed by atoms with Gasteiger partial charge in [0.25, 0.3) is 0 Å². The maximum absolute atomic E-state index is 15.0. The Morgan fingerprint density at radius 3 is 2.09 bits per heavy atom. The standard InChI is InChI=1S/C37H48NO4S.U/c1-3-28(4-2)34(43-26-27-18-23-40-24-19-27)42-37(29-13-7-5-8-14-29,30-15-9-6-10-16-30)35(39)41-33-25-32-36(33)20-17-31(36)38(32)21-11-12-22-38;/h5-10,13-16,27-28,31-34H,1-4,11-12,17-26H2;/q-1;+2. The molecule has 5 nitrogen and oxygen atoms in total. The zero-order chi connectivity index (χ0) is 29.5. The molecule has 0 radical (unpaired) electrons. The molecule has 5 unspecified atom stereocenters. The fourth-order valence-electron chi connectivity index (χ4n) is 9.48. The monoisotopic (exact) mass is 840 g/mol. The zero-order valence-corrected chi connectivity index (χ0v) is 31.0. The van der Waals surface area contributed by atoms with Crippen molar-refractivity contribution >= 4 is 17.7 Å². The van der Waals surface area contributed by atoms with Gasteiger partial charge in [0.2, 0.25) is 5.60 Å². The Kier molecular flexibility index (Phi) is 10.3. The number of hydrogen-bond acceptors (Lipinski definition) is 5. The van der Waals surface area contributed by atoms with Crippen LogP contribution in [0.3, 0.4) is 0 Å². The predicted molar refractivity (Wildman–Crippen MR) is 171 cm³/mol. The molecule has 3 aliphatic heterocycles. The Labute approximate surface area is 292 Å². The van der Waals surface area contributed by atoms with Crippen LogP contribution >= 0.6 is 11.8 Å². The van der Waals surface area contributed by atoms with Gasteiger partial charge in [-0.05, 0) is 42.1 Å². The third kappa shape index (κ3) is 5.29. The average Bonchev–Trinajstić information content (AvgIpc) is 3.51. The Hall–Kier alpha value is -0.808. The molecule has 44 heavy (non-hydrogen) atoms. The number of carbonyl (C=O) groups is 1. The largest absolute Gasteiger partial charge is 2.00 e. The van der Waals surface area contributed by atoms with Crippen LogP contribution in [-0.2, 0) is 24.6 Å². The van der Waals surface area contributed by atoms with Gasteiger partial charge in [-0.25, -0.2) is 4.79 Å². The maximum atomic E-state index is 15.0. The number of benzene rings is 2. The normalized spacial score (nSPS) is 29.4. The number of esters is 1. The number of quaternary nitrogens is 1. The zero-order valence-electron chi connectivity index (χ0n) is 26.0. The molecule has 2 aromatic rings. The molecule has 0 amide bonds. The summed E-state index contributed by atoms with van der Waals surface area (Å²) >= 11 is 1.83. The van der Waals surface area contributed by atoms with Gasteiger partial charge in [-0.2, -0.15) is 12.8 Å². The van der Waals surface area contributed by atoms with Crippen molar-refractivity contribution in [3.05, 3.63) is 85.6 Å². The number of piperidine rings is 2. The van der Waals surface area contributed by atoms with Crippen molar-refractivity contribution in [2.75, 3.05) is 32.1 Å². The van der Waals surface area contributed by atoms with Gasteiger partial charge in [0, 0.05) is 38.9 Å². The summed E-state index contributed by atoms with van der Waals surface area (Å²) in [6.07, 6.45) is 9.65. The second kappa shape index (κ2) is 13.7. The predicted octanol–water partition coefficient (Wildman–Crippen LogP) is 6.95. The minimum atomic E-state index is -1.37. The molecule has 5 aliphatic rings. The molecule has 2 aliphatic carbocycles. The summed E-state index contributed by atoms with van der Waals surface area (Å²) in [5.74, 6) is 1.39. The molecule has 0 bridgehead atoms. The van der Waals surface area contributed by atoms with Crippen LogP contribution in [0.4, 0.5) is 0 Å². The SMILES string of the molecule is [CH2-]CC(C[CH2-])C(OC(C(=O)OC1CC2C13CCC3[N+]21CCCC1)(c1ccccc1)c1ccccc1)SCC1CCOCC1.[U+2]. The molecule has 3 saturated heterocycles. The third-order valence-corrected chi connectivity index (χ3v) is 13.4. The van der Waals surface area contributed by atoms with Crippen LogP contribution in [0.15, 0.2) is 60.7 Å². The summed E-state index contributed by atoms with van der Waals surface area (Å²) in [5, 5.41) is 0. The van der Waals surface area contributed by atoms with Gasteiger partial charge in [0.1, 0.15) is 29.0 Å². The molecule has 7 heteroatoms. The van der Waals surface area contributed by atoms with Crippen molar-refractivity contribution in [3.63, 3.8) is 0 Å². The van der Waals surface area contributed by atoms with Gasteiger partial charge in [-0.1, -0.05) is 66.6 Å². The second-order valence-corrected chi connectivity index (χ2v) is 14.8. The molecule has 0 aromatic heterocycles. The number of nitrogens with zero attached hydrogens (tertiary/aromatic N) is 1. The number of hydrogen-bond donors (Lipinski definition) is 0. The Morgan fingerprint density at radius 1 is 0.955 bits per heavy atom. The van der Waals surface area contributed by atoms with Crippen molar-refractivity contribution in [2.45, 2.75) is 87.0 Å². The van der Waals surface area contributed by atoms with Gasteiger partial charge in [0.05, 0.1) is 13.1 Å². The van der Waals surface area contributed by atoms with Crippen LogP contribution < -0.4 is 0 Å². The Balaban J connectivity index is 0.00000343. The van der Waals surface area contributed by atoms with E-state index in [1.54, 1.807) is 0 Å². The molecule has 2 aromatic carbocycles. The topological polar surface area (TPSA) is 44.8 Å². The molecule has 5 atom stereocenters. The summed E-state index contributed by atoms with van der Waals surface area (Å²) in [5.41, 5.74) is 0.217. The number of thioether (sulfide) groups is 1. The van der Waals surface area contributed by atoms with Crippen LogP contribution in [0.2, 0.25) is 0 Å². The third-order valence-electron chi connectivity index (χ3n) is 11.9. The summed E-state index contributed by atoms with van der Waals surface area (Å²) in [6.45, 7) is 12.8. The number of ether oxygens (including phenoxy) is 3. The smallest absolute Gasteiger partial charge is 0.458 e. The van der Waals surface area contributed by atoms with Crippen molar-refractivity contribution in [2.24, 2.45) is 17.3 Å². The van der Waals surface area contributed by atoms with Gasteiger partial charge in [-0.15, -0.1) is 11.8 Å². The van der Waals surface area contributed by atoms with E-state index in [4.69, 9.17) is 14.2 Å². The van der Waals surface area contributed by atoms with Crippen LogP contribution in [0.5, 0.6) is 0 Å². The first-order valence-electron chi connectivity index (χ1n) is 16.7. The van der Waals surface area contributed by atoms with Gasteiger partial charge in [0.15, 0.2) is 0 Å². The van der Waals surface area contributed by atoms with Crippen LogP contribution in [0.1, 0.15) is 68.9 Å². The van der Waals surface area contributed by atoms with Crippen molar-refractivity contribution in [1.29, 1.82) is 0 Å². The van der Waals surface area contributed by atoms with E-state index in [0.29, 0.717) is 30.8 Å². The van der Waals surface area contributed by atoms with Crippen LogP contribution in [0.25, 0.3) is 0 Å². The maximum Gasteiger partial charge on any atom is 2.00 e. The van der Waals surface area contributed by atoms with Crippen LogP contribution in [0, 0.1) is 62.2 Å². The first kappa shape index (κ1) is 33.1. The molecule has 2 spiro atoms. The first-order valence-corrected chi connectivity index (χ1v) is 17.8. The van der Waals surface area contributed by atoms with E-state index < -0.39 is 5.60 Å². The average molecular weight is 841 g/mol. The molecular formula is C37H48NO4SU+. The minimum absolute atomic E-state index is 0. The van der Waals surface area contributed by atoms with Crippen LogP contribution in [-0.4, -0.2) is 66.1 Å². The molecule has 0 N–H and O–H groups in total. The van der Waals surface area contributed by atoms with Crippen molar-refractivity contribution in [1.82, 2.24) is 0 Å². The number of rotatable bonds is 12. The Morgan fingerprint density at radius 2 is 1.57 bits per heavy atom. The van der Waals surface area contributed by atoms with Gasteiger partial charge in [-0.3, -0.25) is 0 Å². The second-order valence-electron chi connectivity index (χ2n) is 13.7. The fourth-order valence-corrected chi connectivity index (χ4v) is 11.0. The number of fused-ring (bicyclic) bond motifs is 2. The van der Waals surface area contributed by atoms with Crippen molar-refractivity contribution in [3.8, 4) is 0 Å². The van der Waals surface area contributed by atoms with Gasteiger partial charge >= 0.3 is 37.1 Å².